The monoisotopic (exact) mass is 368 g/mol. The van der Waals surface area contributed by atoms with Gasteiger partial charge in [-0.1, -0.05) is 18.2 Å². The molecule has 2 heterocycles. The van der Waals surface area contributed by atoms with Gasteiger partial charge in [-0.25, -0.2) is 17.5 Å². The van der Waals surface area contributed by atoms with Gasteiger partial charge in [-0.15, -0.1) is 11.3 Å². The summed E-state index contributed by atoms with van der Waals surface area (Å²) in [5, 5.41) is 2.06. The molecule has 1 saturated heterocycles. The molecule has 7 heteroatoms. The van der Waals surface area contributed by atoms with Crippen LogP contribution >= 0.6 is 11.3 Å². The maximum Gasteiger partial charge on any atom is 0.216 e. The fraction of sp³-hybridized carbons (Fsp3) is 0.412. The van der Waals surface area contributed by atoms with Crippen molar-refractivity contribution in [2.75, 3.05) is 13.1 Å². The lowest BCUT2D eigenvalue weighted by atomic mass is 10.1. The number of thiophene rings is 1. The molecule has 1 aromatic heterocycles. The quantitative estimate of drug-likeness (QED) is 0.853. The van der Waals surface area contributed by atoms with E-state index in [1.807, 2.05) is 6.07 Å². The number of nitrogens with one attached hydrogen (secondary N) is 1. The highest BCUT2D eigenvalue weighted by molar-refractivity contribution is 7.88. The second-order valence-corrected chi connectivity index (χ2v) is 8.94. The minimum Gasteiger partial charge on any atom is -0.297 e. The van der Waals surface area contributed by atoms with Gasteiger partial charge in [-0.3, -0.25) is 4.90 Å². The van der Waals surface area contributed by atoms with E-state index in [4.69, 9.17) is 0 Å². The highest BCUT2D eigenvalue weighted by atomic mass is 32.2. The molecular formula is C17H21FN2O2S2. The summed E-state index contributed by atoms with van der Waals surface area (Å²) in [6.07, 6.45) is 1.83. The number of likely N-dealkylation sites (tertiary alicyclic amines) is 1. The molecule has 2 aromatic rings. The van der Waals surface area contributed by atoms with Gasteiger partial charge in [0, 0.05) is 24.0 Å². The average Bonchev–Trinajstić information content (AvgIpc) is 3.02. The molecule has 24 heavy (non-hydrogen) atoms. The van der Waals surface area contributed by atoms with Crippen LogP contribution in [0.2, 0.25) is 0 Å². The predicted molar refractivity (Wildman–Crippen MR) is 94.8 cm³/mol. The Hall–Kier alpha value is -1.28. The Morgan fingerprint density at radius 1 is 1.25 bits per heavy atom. The van der Waals surface area contributed by atoms with Crippen molar-refractivity contribution in [2.45, 2.75) is 31.2 Å². The van der Waals surface area contributed by atoms with Crippen LogP contribution in [0, 0.1) is 5.82 Å². The molecule has 4 nitrogen and oxygen atoms in total. The first kappa shape index (κ1) is 17.5. The Morgan fingerprint density at radius 3 is 2.75 bits per heavy atom. The zero-order valence-corrected chi connectivity index (χ0v) is 15.0. The number of rotatable bonds is 6. The molecule has 130 valence electrons. The summed E-state index contributed by atoms with van der Waals surface area (Å²) in [7, 11) is -3.43. The van der Waals surface area contributed by atoms with E-state index in [0.717, 1.165) is 32.5 Å². The molecule has 3 rings (SSSR count). The highest BCUT2D eigenvalue weighted by Gasteiger charge is 2.24. The third-order valence-electron chi connectivity index (χ3n) is 4.08. The van der Waals surface area contributed by atoms with E-state index in [1.165, 1.54) is 29.1 Å². The molecule has 0 aliphatic carbocycles. The number of benzene rings is 1. The number of nitrogens with zero attached hydrogens (tertiary/aromatic N) is 1. The van der Waals surface area contributed by atoms with Gasteiger partial charge in [0.2, 0.25) is 10.0 Å². The first-order chi connectivity index (χ1) is 11.5. The van der Waals surface area contributed by atoms with Crippen LogP contribution in [-0.2, 0) is 22.3 Å². The lowest BCUT2D eigenvalue weighted by molar-refractivity contribution is 0.196. The van der Waals surface area contributed by atoms with Gasteiger partial charge in [0.05, 0.1) is 5.75 Å². The zero-order valence-electron chi connectivity index (χ0n) is 13.3. The van der Waals surface area contributed by atoms with Crippen LogP contribution in [0.1, 0.15) is 23.3 Å². The fourth-order valence-corrected chi connectivity index (χ4v) is 5.17. The fourth-order valence-electron chi connectivity index (χ4n) is 3.01. The first-order valence-corrected chi connectivity index (χ1v) is 10.5. The Labute approximate surface area is 146 Å². The van der Waals surface area contributed by atoms with Crippen LogP contribution in [-0.4, -0.2) is 32.4 Å². The molecule has 1 unspecified atom stereocenters. The summed E-state index contributed by atoms with van der Waals surface area (Å²) in [6, 6.07) is 9.67. The summed E-state index contributed by atoms with van der Waals surface area (Å²) in [4.78, 5) is 3.59. The molecule has 1 aliphatic rings. The molecule has 1 aromatic carbocycles. The topological polar surface area (TPSA) is 49.4 Å². The van der Waals surface area contributed by atoms with Gasteiger partial charge in [0.1, 0.15) is 5.82 Å². The van der Waals surface area contributed by atoms with Crippen LogP contribution in [0.15, 0.2) is 41.8 Å². The largest absolute Gasteiger partial charge is 0.297 e. The second kappa shape index (κ2) is 7.74. The molecule has 1 aliphatic heterocycles. The smallest absolute Gasteiger partial charge is 0.216 e. The third-order valence-corrected chi connectivity index (χ3v) is 6.35. The number of halogens is 1. The first-order valence-electron chi connectivity index (χ1n) is 7.99. The van der Waals surface area contributed by atoms with Crippen molar-refractivity contribution in [1.82, 2.24) is 9.62 Å². The molecule has 1 atom stereocenters. The molecule has 0 radical (unpaired) electrons. The van der Waals surface area contributed by atoms with Crippen LogP contribution < -0.4 is 4.72 Å². The SMILES string of the molecule is O=S(=O)(Cc1ccc(F)cc1)NC1CCCN(Cc2cccs2)C1. The van der Waals surface area contributed by atoms with Crippen LogP contribution in [0.5, 0.6) is 0 Å². The van der Waals surface area contributed by atoms with Crippen molar-refractivity contribution in [3.05, 3.63) is 58.0 Å². The lowest BCUT2D eigenvalue weighted by Crippen LogP contribution is -2.47. The second-order valence-electron chi connectivity index (χ2n) is 6.16. The van der Waals surface area contributed by atoms with Crippen molar-refractivity contribution in [2.24, 2.45) is 0 Å². The standard InChI is InChI=1S/C17H21FN2O2S2/c18-15-7-5-14(6-8-15)13-24(21,22)19-16-3-1-9-20(11-16)12-17-4-2-10-23-17/h2,4-8,10,16,19H,1,3,9,11-13H2. The van der Waals surface area contributed by atoms with Gasteiger partial charge < -0.3 is 0 Å². The number of hydrogen-bond acceptors (Lipinski definition) is 4. The molecule has 0 saturated carbocycles. The van der Waals surface area contributed by atoms with Gasteiger partial charge in [0.15, 0.2) is 0 Å². The van der Waals surface area contributed by atoms with Crippen molar-refractivity contribution in [1.29, 1.82) is 0 Å². The number of sulfonamides is 1. The maximum absolute atomic E-state index is 12.9. The summed E-state index contributed by atoms with van der Waals surface area (Å²) < 4.78 is 40.4. The summed E-state index contributed by atoms with van der Waals surface area (Å²) >= 11 is 1.72. The van der Waals surface area contributed by atoms with Crippen molar-refractivity contribution >= 4 is 21.4 Å². The summed E-state index contributed by atoms with van der Waals surface area (Å²) in [5.74, 6) is -0.477. The van der Waals surface area contributed by atoms with Gasteiger partial charge in [0.25, 0.3) is 0 Å². The average molecular weight is 368 g/mol. The Bertz CT molecular complexity index is 745. The highest BCUT2D eigenvalue weighted by Crippen LogP contribution is 2.18. The Balaban J connectivity index is 1.56. The van der Waals surface area contributed by atoms with E-state index in [1.54, 1.807) is 11.3 Å². The van der Waals surface area contributed by atoms with Crippen molar-refractivity contribution in [3.8, 4) is 0 Å². The Morgan fingerprint density at radius 2 is 2.04 bits per heavy atom. The minimum absolute atomic E-state index is 0.0656. The molecule has 0 bridgehead atoms. The third kappa shape index (κ3) is 5.11. The normalized spacial score (nSPS) is 19.5. The maximum atomic E-state index is 12.9. The van der Waals surface area contributed by atoms with E-state index >= 15 is 0 Å². The molecule has 0 amide bonds. The van der Waals surface area contributed by atoms with E-state index < -0.39 is 10.0 Å². The van der Waals surface area contributed by atoms with E-state index in [2.05, 4.69) is 21.1 Å². The van der Waals surface area contributed by atoms with Crippen LogP contribution in [0.25, 0.3) is 0 Å². The summed E-state index contributed by atoms with van der Waals surface area (Å²) in [5.41, 5.74) is 0.593. The zero-order chi connectivity index (χ0) is 17.0. The summed E-state index contributed by atoms with van der Waals surface area (Å²) in [6.45, 7) is 2.59. The van der Waals surface area contributed by atoms with E-state index in [0.29, 0.717) is 5.56 Å². The van der Waals surface area contributed by atoms with Gasteiger partial charge in [-0.2, -0.15) is 0 Å². The van der Waals surface area contributed by atoms with Gasteiger partial charge >= 0.3 is 0 Å². The number of hydrogen-bond donors (Lipinski definition) is 1. The predicted octanol–water partition coefficient (Wildman–Crippen LogP) is 2.97. The molecule has 1 fully saturated rings. The Kier molecular flexibility index (Phi) is 5.65. The van der Waals surface area contributed by atoms with E-state index in [9.17, 15) is 12.8 Å². The van der Waals surface area contributed by atoms with Crippen molar-refractivity contribution in [3.63, 3.8) is 0 Å². The number of piperidine rings is 1. The molecule has 0 spiro atoms. The lowest BCUT2D eigenvalue weighted by Gasteiger charge is -2.32. The minimum atomic E-state index is -3.43. The molecular weight excluding hydrogens is 347 g/mol. The van der Waals surface area contributed by atoms with Gasteiger partial charge in [-0.05, 0) is 48.5 Å². The van der Waals surface area contributed by atoms with Crippen LogP contribution in [0.3, 0.4) is 0 Å². The van der Waals surface area contributed by atoms with E-state index in [-0.39, 0.29) is 17.6 Å². The van der Waals surface area contributed by atoms with Crippen LogP contribution in [0.4, 0.5) is 4.39 Å². The van der Waals surface area contributed by atoms with Crippen molar-refractivity contribution < 1.29 is 12.8 Å². The molecule has 1 N–H and O–H groups in total.